The molecule has 2 amide bonds. The molecule has 12 heteroatoms. The first-order valence-electron chi connectivity index (χ1n) is 8.20. The number of carbonyl (C=O) groups excluding carboxylic acids is 2. The van der Waals surface area contributed by atoms with Gasteiger partial charge in [0.15, 0.2) is 18.3 Å². The highest BCUT2D eigenvalue weighted by Crippen LogP contribution is 2.32. The number of rotatable bonds is 6. The predicted molar refractivity (Wildman–Crippen MR) is 131 cm³/mol. The van der Waals surface area contributed by atoms with Crippen LogP contribution in [0.3, 0.4) is 0 Å². The zero-order chi connectivity index (χ0) is 22.3. The first-order valence-corrected chi connectivity index (χ1v) is 11.8. The average molecular weight is 689 g/mol. The number of nitrogens with one attached hydrogen (secondary N) is 3. The summed E-state index contributed by atoms with van der Waals surface area (Å²) in [5, 5.41) is 2.32. The minimum absolute atomic E-state index is 0.0761. The smallest absolute Gasteiger partial charge is 0.276 e. The predicted octanol–water partition coefficient (Wildman–Crippen LogP) is 4.52. The van der Waals surface area contributed by atoms with Gasteiger partial charge < -0.3 is 9.47 Å². The summed E-state index contributed by atoms with van der Waals surface area (Å²) >= 11 is 18.4. The minimum Gasteiger partial charge on any atom is -0.483 e. The molecule has 0 saturated heterocycles. The molecule has 0 radical (unpaired) electrons. The quantitative estimate of drug-likeness (QED) is 0.306. The molecule has 2 aromatic rings. The number of aryl methyl sites for hydroxylation is 1. The van der Waals surface area contributed by atoms with Gasteiger partial charge in [0.25, 0.3) is 11.8 Å². The summed E-state index contributed by atoms with van der Waals surface area (Å²) in [6.07, 6.45) is 0. The maximum atomic E-state index is 11.9. The van der Waals surface area contributed by atoms with Crippen molar-refractivity contribution in [1.29, 1.82) is 0 Å². The van der Waals surface area contributed by atoms with Crippen LogP contribution in [-0.2, 0) is 9.59 Å². The Balaban J connectivity index is 1.72. The van der Waals surface area contributed by atoms with Crippen molar-refractivity contribution in [3.8, 4) is 11.5 Å². The van der Waals surface area contributed by atoms with Crippen LogP contribution in [-0.4, -0.2) is 30.1 Å². The van der Waals surface area contributed by atoms with Crippen molar-refractivity contribution >= 4 is 92.9 Å². The molecule has 7 nitrogen and oxygen atoms in total. The van der Waals surface area contributed by atoms with Gasteiger partial charge in [-0.3, -0.25) is 25.8 Å². The molecule has 0 heterocycles. The van der Waals surface area contributed by atoms with E-state index in [-0.39, 0.29) is 18.3 Å². The van der Waals surface area contributed by atoms with Crippen molar-refractivity contribution in [1.82, 2.24) is 16.2 Å². The second-order valence-corrected chi connectivity index (χ2v) is 9.68. The van der Waals surface area contributed by atoms with Crippen LogP contribution in [0.15, 0.2) is 48.2 Å². The van der Waals surface area contributed by atoms with Gasteiger partial charge in [-0.05, 0) is 86.9 Å². The fourth-order valence-electron chi connectivity index (χ4n) is 2.10. The molecule has 0 aliphatic carbocycles. The Kier molecular flexibility index (Phi) is 10.0. The lowest BCUT2D eigenvalue weighted by molar-refractivity contribution is -0.124. The first-order chi connectivity index (χ1) is 14.2. The van der Waals surface area contributed by atoms with E-state index in [9.17, 15) is 9.59 Å². The van der Waals surface area contributed by atoms with Crippen LogP contribution in [0.5, 0.6) is 11.5 Å². The molecule has 0 aliphatic rings. The molecule has 0 aliphatic heterocycles. The minimum atomic E-state index is -0.484. The van der Waals surface area contributed by atoms with Crippen molar-refractivity contribution in [3.05, 3.63) is 53.8 Å². The monoisotopic (exact) mass is 685 g/mol. The normalized spacial score (nSPS) is 10.2. The van der Waals surface area contributed by atoms with Crippen LogP contribution in [0.2, 0.25) is 0 Å². The summed E-state index contributed by atoms with van der Waals surface area (Å²) in [6, 6.07) is 8.99. The van der Waals surface area contributed by atoms with Gasteiger partial charge >= 0.3 is 0 Å². The van der Waals surface area contributed by atoms with Gasteiger partial charge in [-0.25, -0.2) is 0 Å². The molecule has 160 valence electrons. The van der Waals surface area contributed by atoms with Crippen molar-refractivity contribution in [2.45, 2.75) is 6.92 Å². The number of hydrazine groups is 1. The molecule has 0 spiro atoms. The van der Waals surface area contributed by atoms with Crippen molar-refractivity contribution < 1.29 is 19.1 Å². The summed E-state index contributed by atoms with van der Waals surface area (Å²) in [7, 11) is 0. The highest BCUT2D eigenvalue weighted by atomic mass is 79.9. The van der Waals surface area contributed by atoms with Crippen LogP contribution in [0.25, 0.3) is 0 Å². The number of thiocarbonyl (C=S) groups is 1. The Morgan fingerprint density at radius 2 is 1.57 bits per heavy atom. The van der Waals surface area contributed by atoms with E-state index in [0.717, 1.165) is 19.0 Å². The molecular weight excluding hydrogens is 674 g/mol. The number of halogens is 4. The summed E-state index contributed by atoms with van der Waals surface area (Å²) in [5.74, 6) is 0.102. The second kappa shape index (κ2) is 12.0. The lowest BCUT2D eigenvalue weighted by Crippen LogP contribution is -2.50. The number of carbonyl (C=O) groups is 2. The summed E-state index contributed by atoms with van der Waals surface area (Å²) < 4.78 is 14.1. The molecule has 2 rings (SSSR count). The average Bonchev–Trinajstić information content (AvgIpc) is 2.64. The Morgan fingerprint density at radius 3 is 2.23 bits per heavy atom. The van der Waals surface area contributed by atoms with E-state index in [4.69, 9.17) is 21.7 Å². The van der Waals surface area contributed by atoms with Gasteiger partial charge in [0, 0.05) is 8.95 Å². The Hall–Kier alpha value is -1.21. The van der Waals surface area contributed by atoms with Gasteiger partial charge in [-0.15, -0.1) is 0 Å². The SMILES string of the molecule is Cc1cc(Br)cc(Br)c1OCC(=O)NNC(=S)NC(=O)COc1ccc(Br)cc1Br. The van der Waals surface area contributed by atoms with E-state index < -0.39 is 11.8 Å². The zero-order valence-electron chi connectivity index (χ0n) is 15.4. The van der Waals surface area contributed by atoms with Crippen LogP contribution in [0.1, 0.15) is 5.56 Å². The molecule has 0 unspecified atom stereocenters. The summed E-state index contributed by atoms with van der Waals surface area (Å²) in [5.41, 5.74) is 5.64. The van der Waals surface area contributed by atoms with E-state index in [0.29, 0.717) is 16.0 Å². The lowest BCUT2D eigenvalue weighted by Gasteiger charge is -2.14. The first kappa shape index (κ1) is 25.1. The fraction of sp³-hybridized carbons (Fsp3) is 0.167. The third kappa shape index (κ3) is 8.14. The number of benzene rings is 2. The van der Waals surface area contributed by atoms with Gasteiger partial charge in [-0.2, -0.15) is 0 Å². The second-order valence-electron chi connectivity index (χ2n) is 5.74. The Morgan fingerprint density at radius 1 is 0.900 bits per heavy atom. The molecule has 0 saturated carbocycles. The molecular formula is C18H15Br4N3O4S. The molecule has 0 aromatic heterocycles. The van der Waals surface area contributed by atoms with Crippen molar-refractivity contribution in [3.63, 3.8) is 0 Å². The maximum absolute atomic E-state index is 11.9. The Bertz CT molecular complexity index is 951. The third-order valence-electron chi connectivity index (χ3n) is 3.36. The van der Waals surface area contributed by atoms with Crippen LogP contribution >= 0.6 is 75.9 Å². The van der Waals surface area contributed by atoms with E-state index in [1.807, 2.05) is 19.1 Å². The largest absolute Gasteiger partial charge is 0.483 e. The van der Waals surface area contributed by atoms with Crippen LogP contribution in [0.4, 0.5) is 0 Å². The molecule has 2 aromatic carbocycles. The summed E-state index contributed by atoms with van der Waals surface area (Å²) in [4.78, 5) is 23.9. The van der Waals surface area contributed by atoms with Gasteiger partial charge in [0.2, 0.25) is 0 Å². The zero-order valence-corrected chi connectivity index (χ0v) is 22.5. The lowest BCUT2D eigenvalue weighted by atomic mass is 10.2. The fourth-order valence-corrected chi connectivity index (χ4v) is 4.98. The topological polar surface area (TPSA) is 88.7 Å². The number of hydrogen-bond donors (Lipinski definition) is 3. The number of amides is 2. The van der Waals surface area contributed by atoms with Gasteiger partial charge in [-0.1, -0.05) is 31.9 Å². The van der Waals surface area contributed by atoms with Crippen LogP contribution < -0.4 is 25.6 Å². The molecule has 3 N–H and O–H groups in total. The van der Waals surface area contributed by atoms with Crippen molar-refractivity contribution in [2.24, 2.45) is 0 Å². The summed E-state index contributed by atoms with van der Waals surface area (Å²) in [6.45, 7) is 1.36. The highest BCUT2D eigenvalue weighted by molar-refractivity contribution is 9.11. The molecule has 0 atom stereocenters. The van der Waals surface area contributed by atoms with E-state index >= 15 is 0 Å². The van der Waals surface area contributed by atoms with Crippen molar-refractivity contribution in [2.75, 3.05) is 13.2 Å². The van der Waals surface area contributed by atoms with Gasteiger partial charge in [0.1, 0.15) is 11.5 Å². The maximum Gasteiger partial charge on any atom is 0.276 e. The molecule has 0 bridgehead atoms. The van der Waals surface area contributed by atoms with E-state index in [2.05, 4.69) is 79.9 Å². The van der Waals surface area contributed by atoms with Crippen LogP contribution in [0, 0.1) is 6.92 Å². The third-order valence-corrected chi connectivity index (χ3v) is 5.73. The molecule has 0 fully saturated rings. The number of ether oxygens (including phenoxy) is 2. The number of hydrogen-bond acceptors (Lipinski definition) is 5. The van der Waals surface area contributed by atoms with Gasteiger partial charge in [0.05, 0.1) is 8.95 Å². The van der Waals surface area contributed by atoms with E-state index in [1.165, 1.54) is 0 Å². The molecule has 30 heavy (non-hydrogen) atoms. The standard InChI is InChI=1S/C18H15Br4N3O4S/c1-9-4-11(20)6-13(22)17(9)29-8-16(27)24-25-18(30)23-15(26)7-28-14-3-2-10(19)5-12(14)21/h2-6H,7-8H2,1H3,(H,24,27)(H2,23,25,26,30). The highest BCUT2D eigenvalue weighted by Gasteiger charge is 2.11. The Labute approximate surface area is 212 Å². The van der Waals surface area contributed by atoms with E-state index in [1.54, 1.807) is 18.2 Å².